The number of aryl methyl sites for hydroxylation is 1. The average Bonchev–Trinajstić information content (AvgIpc) is 2.65. The molecule has 16 heavy (non-hydrogen) atoms. The van der Waals surface area contributed by atoms with Crippen molar-refractivity contribution in [1.29, 1.82) is 0 Å². The summed E-state index contributed by atoms with van der Waals surface area (Å²) in [4.78, 5) is 11.3. The molecule has 0 saturated heterocycles. The van der Waals surface area contributed by atoms with Gasteiger partial charge in [0.25, 0.3) is 0 Å². The number of unbranched alkanes of at least 4 members (excludes halogenated alkanes) is 1. The SMILES string of the molecule is CCCCNC(=O)CNCc1cc(C)no1. The highest BCUT2D eigenvalue weighted by molar-refractivity contribution is 5.77. The molecule has 0 radical (unpaired) electrons. The van der Waals surface area contributed by atoms with Gasteiger partial charge in [0.1, 0.15) is 0 Å². The number of nitrogens with one attached hydrogen (secondary N) is 2. The second-order valence-electron chi connectivity index (χ2n) is 3.74. The van der Waals surface area contributed by atoms with E-state index in [4.69, 9.17) is 4.52 Å². The summed E-state index contributed by atoms with van der Waals surface area (Å²) >= 11 is 0. The van der Waals surface area contributed by atoms with Crippen LogP contribution in [0.3, 0.4) is 0 Å². The fourth-order valence-electron chi connectivity index (χ4n) is 1.27. The second kappa shape index (κ2) is 7.00. The highest BCUT2D eigenvalue weighted by Gasteiger charge is 2.02. The Morgan fingerprint density at radius 2 is 2.38 bits per heavy atom. The normalized spacial score (nSPS) is 10.4. The summed E-state index contributed by atoms with van der Waals surface area (Å²) in [6, 6.07) is 1.85. The molecule has 2 N–H and O–H groups in total. The Hall–Kier alpha value is -1.36. The van der Waals surface area contributed by atoms with Gasteiger partial charge in [-0.3, -0.25) is 4.79 Å². The van der Waals surface area contributed by atoms with Gasteiger partial charge in [-0.2, -0.15) is 0 Å². The lowest BCUT2D eigenvalue weighted by molar-refractivity contribution is -0.120. The number of aromatic nitrogens is 1. The molecule has 1 amide bonds. The van der Waals surface area contributed by atoms with Gasteiger partial charge in [0.05, 0.1) is 18.8 Å². The summed E-state index contributed by atoms with van der Waals surface area (Å²) in [6.45, 7) is 5.55. The quantitative estimate of drug-likeness (QED) is 0.679. The molecule has 0 saturated carbocycles. The summed E-state index contributed by atoms with van der Waals surface area (Å²) in [6.07, 6.45) is 2.11. The van der Waals surface area contributed by atoms with Gasteiger partial charge >= 0.3 is 0 Å². The van der Waals surface area contributed by atoms with E-state index in [1.165, 1.54) is 0 Å². The molecule has 0 spiro atoms. The van der Waals surface area contributed by atoms with E-state index in [1.54, 1.807) is 0 Å². The first kappa shape index (κ1) is 12.7. The maximum Gasteiger partial charge on any atom is 0.233 e. The smallest absolute Gasteiger partial charge is 0.233 e. The molecule has 0 unspecified atom stereocenters. The molecule has 0 aromatic carbocycles. The maximum atomic E-state index is 11.3. The van der Waals surface area contributed by atoms with Crippen molar-refractivity contribution in [3.63, 3.8) is 0 Å². The first-order valence-electron chi connectivity index (χ1n) is 5.62. The van der Waals surface area contributed by atoms with Crippen LogP contribution in [-0.4, -0.2) is 24.2 Å². The van der Waals surface area contributed by atoms with Crippen LogP contribution < -0.4 is 10.6 Å². The van der Waals surface area contributed by atoms with E-state index < -0.39 is 0 Å². The Bertz CT molecular complexity index is 323. The van der Waals surface area contributed by atoms with E-state index >= 15 is 0 Å². The van der Waals surface area contributed by atoms with Gasteiger partial charge in [-0.25, -0.2) is 0 Å². The highest BCUT2D eigenvalue weighted by Crippen LogP contribution is 2.00. The van der Waals surface area contributed by atoms with Gasteiger partial charge in [0.2, 0.25) is 5.91 Å². The lowest BCUT2D eigenvalue weighted by atomic mass is 10.3. The van der Waals surface area contributed by atoms with Gasteiger partial charge in [-0.1, -0.05) is 18.5 Å². The standard InChI is InChI=1S/C11H19N3O2/c1-3-4-5-13-11(15)8-12-7-10-6-9(2)14-16-10/h6,12H,3-5,7-8H2,1-2H3,(H,13,15). The summed E-state index contributed by atoms with van der Waals surface area (Å²) in [7, 11) is 0. The molecule has 1 heterocycles. The van der Waals surface area contributed by atoms with Crippen LogP contribution in [0.15, 0.2) is 10.6 Å². The van der Waals surface area contributed by atoms with E-state index in [0.717, 1.165) is 30.8 Å². The van der Waals surface area contributed by atoms with E-state index in [-0.39, 0.29) is 5.91 Å². The second-order valence-corrected chi connectivity index (χ2v) is 3.74. The first-order chi connectivity index (χ1) is 7.72. The van der Waals surface area contributed by atoms with Gasteiger partial charge in [-0.15, -0.1) is 0 Å². The minimum Gasteiger partial charge on any atom is -0.360 e. The number of nitrogens with zero attached hydrogens (tertiary/aromatic N) is 1. The van der Waals surface area contributed by atoms with E-state index in [0.29, 0.717) is 13.1 Å². The maximum absolute atomic E-state index is 11.3. The van der Waals surface area contributed by atoms with Gasteiger partial charge < -0.3 is 15.2 Å². The molecule has 5 nitrogen and oxygen atoms in total. The fourth-order valence-corrected chi connectivity index (χ4v) is 1.27. The summed E-state index contributed by atoms with van der Waals surface area (Å²) in [5.74, 6) is 0.767. The Labute approximate surface area is 95.6 Å². The predicted octanol–water partition coefficient (Wildman–Crippen LogP) is 0.989. The van der Waals surface area contributed by atoms with Crippen LogP contribution in [0.5, 0.6) is 0 Å². The molecule has 0 aliphatic heterocycles. The Morgan fingerprint density at radius 1 is 1.56 bits per heavy atom. The minimum absolute atomic E-state index is 0.0182. The van der Waals surface area contributed by atoms with Crippen molar-refractivity contribution in [2.45, 2.75) is 33.2 Å². The zero-order valence-electron chi connectivity index (χ0n) is 9.88. The Balaban J connectivity index is 2.08. The van der Waals surface area contributed by atoms with E-state index in [2.05, 4.69) is 22.7 Å². The minimum atomic E-state index is 0.0182. The molecule has 0 aliphatic rings. The van der Waals surface area contributed by atoms with E-state index in [1.807, 2.05) is 13.0 Å². The third-order valence-corrected chi connectivity index (χ3v) is 2.11. The number of hydrogen-bond acceptors (Lipinski definition) is 4. The molecule has 1 rings (SSSR count). The van der Waals surface area contributed by atoms with Crippen molar-refractivity contribution < 1.29 is 9.32 Å². The van der Waals surface area contributed by atoms with Crippen LogP contribution in [0.4, 0.5) is 0 Å². The summed E-state index contributed by atoms with van der Waals surface area (Å²) in [5, 5.41) is 9.58. The highest BCUT2D eigenvalue weighted by atomic mass is 16.5. The molecule has 0 atom stereocenters. The van der Waals surface area contributed by atoms with Crippen molar-refractivity contribution in [3.8, 4) is 0 Å². The molecule has 1 aromatic heterocycles. The Morgan fingerprint density at radius 3 is 3.00 bits per heavy atom. The molecular formula is C11H19N3O2. The van der Waals surface area contributed by atoms with Crippen molar-refractivity contribution in [2.24, 2.45) is 0 Å². The molecule has 5 heteroatoms. The lowest BCUT2D eigenvalue weighted by Gasteiger charge is -2.04. The fraction of sp³-hybridized carbons (Fsp3) is 0.636. The van der Waals surface area contributed by atoms with E-state index in [9.17, 15) is 4.79 Å². The van der Waals surface area contributed by atoms with Crippen molar-refractivity contribution in [2.75, 3.05) is 13.1 Å². The number of amides is 1. The number of carbonyl (C=O) groups is 1. The predicted molar refractivity (Wildman–Crippen MR) is 60.9 cm³/mol. The largest absolute Gasteiger partial charge is 0.360 e. The third-order valence-electron chi connectivity index (χ3n) is 2.11. The molecule has 0 aliphatic carbocycles. The van der Waals surface area contributed by atoms with Gasteiger partial charge in [-0.05, 0) is 13.3 Å². The van der Waals surface area contributed by atoms with Crippen LogP contribution in [0.25, 0.3) is 0 Å². The Kier molecular flexibility index (Phi) is 5.56. The van der Waals surface area contributed by atoms with Crippen molar-refractivity contribution in [1.82, 2.24) is 15.8 Å². The summed E-state index contributed by atoms with van der Waals surface area (Å²) in [5.41, 5.74) is 0.851. The zero-order valence-corrected chi connectivity index (χ0v) is 9.88. The van der Waals surface area contributed by atoms with Crippen molar-refractivity contribution >= 4 is 5.91 Å². The molecule has 1 aromatic rings. The van der Waals surface area contributed by atoms with Gasteiger partial charge in [0, 0.05) is 12.6 Å². The topological polar surface area (TPSA) is 67.2 Å². The third kappa shape index (κ3) is 4.93. The van der Waals surface area contributed by atoms with Crippen LogP contribution in [0.1, 0.15) is 31.2 Å². The molecular weight excluding hydrogens is 206 g/mol. The zero-order chi connectivity index (χ0) is 11.8. The molecule has 0 fully saturated rings. The number of rotatable bonds is 7. The monoisotopic (exact) mass is 225 g/mol. The average molecular weight is 225 g/mol. The lowest BCUT2D eigenvalue weighted by Crippen LogP contribution is -2.34. The number of carbonyl (C=O) groups excluding carboxylic acids is 1. The summed E-state index contributed by atoms with van der Waals surface area (Å²) < 4.78 is 5.00. The van der Waals surface area contributed by atoms with Crippen LogP contribution in [-0.2, 0) is 11.3 Å². The first-order valence-corrected chi connectivity index (χ1v) is 5.62. The van der Waals surface area contributed by atoms with Gasteiger partial charge in [0.15, 0.2) is 5.76 Å². The van der Waals surface area contributed by atoms with Crippen LogP contribution in [0.2, 0.25) is 0 Å². The van der Waals surface area contributed by atoms with Crippen molar-refractivity contribution in [3.05, 3.63) is 17.5 Å². The molecule has 0 bridgehead atoms. The van der Waals surface area contributed by atoms with Crippen LogP contribution >= 0.6 is 0 Å². The molecule has 90 valence electrons. The van der Waals surface area contributed by atoms with Crippen LogP contribution in [0, 0.1) is 6.92 Å². The number of hydrogen-bond donors (Lipinski definition) is 2.